The Morgan fingerprint density at radius 2 is 2.11 bits per heavy atom. The minimum absolute atomic E-state index is 0.409. The molecule has 2 rings (SSSR count). The number of nitrogens with one attached hydrogen (secondary N) is 1. The van der Waals surface area contributed by atoms with Gasteiger partial charge in [0.25, 0.3) is 0 Å². The summed E-state index contributed by atoms with van der Waals surface area (Å²) in [4.78, 5) is 2.11. The van der Waals surface area contributed by atoms with Gasteiger partial charge in [-0.3, -0.25) is 0 Å². The van der Waals surface area contributed by atoms with Crippen LogP contribution in [0, 0.1) is 5.92 Å². The van der Waals surface area contributed by atoms with Crippen molar-refractivity contribution in [3.8, 4) is 0 Å². The summed E-state index contributed by atoms with van der Waals surface area (Å²) in [6.07, 6.45) is -4.29. The van der Waals surface area contributed by atoms with Gasteiger partial charge in [0.1, 0.15) is 0 Å². The number of fused-ring (bicyclic) bond motifs is 1. The molecule has 100 valence electrons. The molecule has 0 bridgehead atoms. The lowest BCUT2D eigenvalue weighted by molar-refractivity contribution is -0.137. The van der Waals surface area contributed by atoms with Crippen LogP contribution in [0.25, 0.3) is 0 Å². The van der Waals surface area contributed by atoms with E-state index in [-0.39, 0.29) is 0 Å². The Labute approximate surface area is 105 Å². The molecule has 2 nitrogen and oxygen atoms in total. The molecule has 0 radical (unpaired) electrons. The summed E-state index contributed by atoms with van der Waals surface area (Å²) in [5.41, 5.74) is 0.838. The number of anilines is 2. The molecule has 1 aromatic carbocycles. The quantitative estimate of drug-likeness (QED) is 0.828. The monoisotopic (exact) mass is 258 g/mol. The van der Waals surface area contributed by atoms with Crippen LogP contribution >= 0.6 is 0 Å². The summed E-state index contributed by atoms with van der Waals surface area (Å²) in [5, 5.41) is 3.11. The molecule has 1 atom stereocenters. The van der Waals surface area contributed by atoms with Crippen LogP contribution < -0.4 is 10.2 Å². The Morgan fingerprint density at radius 1 is 1.39 bits per heavy atom. The van der Waals surface area contributed by atoms with E-state index in [9.17, 15) is 13.2 Å². The van der Waals surface area contributed by atoms with Gasteiger partial charge in [-0.15, -0.1) is 0 Å². The lowest BCUT2D eigenvalue weighted by Gasteiger charge is -2.24. The first-order valence-electron chi connectivity index (χ1n) is 6.12. The molecule has 0 saturated carbocycles. The van der Waals surface area contributed by atoms with Crippen LogP contribution in [0.2, 0.25) is 0 Å². The highest BCUT2D eigenvalue weighted by atomic mass is 19.4. The van der Waals surface area contributed by atoms with Gasteiger partial charge in [0.2, 0.25) is 0 Å². The highest BCUT2D eigenvalue weighted by molar-refractivity contribution is 5.72. The van der Waals surface area contributed by atoms with Crippen molar-refractivity contribution >= 4 is 11.4 Å². The Hall–Kier alpha value is -1.39. The zero-order chi connectivity index (χ0) is 13.3. The van der Waals surface area contributed by atoms with Gasteiger partial charge in [0, 0.05) is 19.6 Å². The Bertz CT molecular complexity index is 429. The predicted octanol–water partition coefficient (Wildman–Crippen LogP) is 3.59. The first-order chi connectivity index (χ1) is 8.41. The second-order valence-electron chi connectivity index (χ2n) is 4.75. The second kappa shape index (κ2) is 4.71. The van der Waals surface area contributed by atoms with E-state index < -0.39 is 11.7 Å². The number of hydrogen-bond acceptors (Lipinski definition) is 2. The molecule has 0 saturated heterocycles. The molecule has 18 heavy (non-hydrogen) atoms. The van der Waals surface area contributed by atoms with Crippen molar-refractivity contribution in [2.75, 3.05) is 29.9 Å². The van der Waals surface area contributed by atoms with E-state index >= 15 is 0 Å². The van der Waals surface area contributed by atoms with E-state index in [0.717, 1.165) is 24.8 Å². The van der Waals surface area contributed by atoms with Crippen LogP contribution in [-0.2, 0) is 6.18 Å². The van der Waals surface area contributed by atoms with Crippen molar-refractivity contribution in [2.45, 2.75) is 20.0 Å². The number of alkyl halides is 3. The molecule has 0 fully saturated rings. The van der Waals surface area contributed by atoms with E-state index in [0.29, 0.717) is 18.2 Å². The molecule has 0 amide bonds. The van der Waals surface area contributed by atoms with Crippen molar-refractivity contribution in [3.63, 3.8) is 0 Å². The first-order valence-corrected chi connectivity index (χ1v) is 6.12. The molecule has 5 heteroatoms. The Morgan fingerprint density at radius 3 is 2.72 bits per heavy atom. The Balaban J connectivity index is 2.40. The summed E-state index contributed by atoms with van der Waals surface area (Å²) >= 11 is 0. The standard InChI is InChI=1S/C13H17F3N2/c1-3-18-8-9(2)7-17-11-6-10(13(14,15)16)4-5-12(11)18/h4-6,9,17H,3,7-8H2,1-2H3. The maximum atomic E-state index is 12.7. The van der Waals surface area contributed by atoms with Crippen LogP contribution in [0.1, 0.15) is 19.4 Å². The molecule has 1 heterocycles. The highest BCUT2D eigenvalue weighted by Crippen LogP contribution is 2.36. The van der Waals surface area contributed by atoms with Crippen LogP contribution in [0.4, 0.5) is 24.5 Å². The number of rotatable bonds is 1. The summed E-state index contributed by atoms with van der Waals surface area (Å²) in [6, 6.07) is 3.92. The average molecular weight is 258 g/mol. The minimum Gasteiger partial charge on any atom is -0.383 e. The topological polar surface area (TPSA) is 15.3 Å². The fourth-order valence-electron chi connectivity index (χ4n) is 2.25. The van der Waals surface area contributed by atoms with Gasteiger partial charge in [-0.2, -0.15) is 13.2 Å². The molecule has 1 unspecified atom stereocenters. The van der Waals surface area contributed by atoms with Gasteiger partial charge in [0.05, 0.1) is 16.9 Å². The third-order valence-corrected chi connectivity index (χ3v) is 3.22. The van der Waals surface area contributed by atoms with E-state index in [1.807, 2.05) is 6.92 Å². The zero-order valence-corrected chi connectivity index (χ0v) is 10.5. The lowest BCUT2D eigenvalue weighted by atomic mass is 10.1. The fourth-order valence-corrected chi connectivity index (χ4v) is 2.25. The molecule has 0 aromatic heterocycles. The number of halogens is 3. The smallest absolute Gasteiger partial charge is 0.383 e. The number of nitrogens with zero attached hydrogens (tertiary/aromatic N) is 1. The molecule has 1 aliphatic rings. The van der Waals surface area contributed by atoms with E-state index in [2.05, 4.69) is 17.1 Å². The van der Waals surface area contributed by atoms with E-state index in [1.165, 1.54) is 6.07 Å². The van der Waals surface area contributed by atoms with Crippen LogP contribution in [-0.4, -0.2) is 19.6 Å². The normalized spacial score (nSPS) is 20.1. The molecular formula is C13H17F3N2. The molecule has 0 aliphatic carbocycles. The van der Waals surface area contributed by atoms with Gasteiger partial charge in [0.15, 0.2) is 0 Å². The van der Waals surface area contributed by atoms with Crippen LogP contribution in [0.15, 0.2) is 18.2 Å². The molecule has 1 aromatic rings. The van der Waals surface area contributed by atoms with Crippen molar-refractivity contribution < 1.29 is 13.2 Å². The maximum absolute atomic E-state index is 12.7. The van der Waals surface area contributed by atoms with Gasteiger partial charge < -0.3 is 10.2 Å². The van der Waals surface area contributed by atoms with E-state index in [1.54, 1.807) is 6.07 Å². The molecular weight excluding hydrogens is 241 g/mol. The molecule has 1 N–H and O–H groups in total. The summed E-state index contributed by atoms with van der Waals surface area (Å²) in [6.45, 7) is 6.46. The number of hydrogen-bond donors (Lipinski definition) is 1. The SMILES string of the molecule is CCN1CC(C)CNc2cc(C(F)(F)F)ccc21. The summed E-state index contributed by atoms with van der Waals surface area (Å²) < 4.78 is 38.0. The molecule has 1 aliphatic heterocycles. The van der Waals surface area contributed by atoms with Gasteiger partial charge in [-0.1, -0.05) is 6.92 Å². The zero-order valence-electron chi connectivity index (χ0n) is 10.5. The highest BCUT2D eigenvalue weighted by Gasteiger charge is 2.31. The van der Waals surface area contributed by atoms with Crippen molar-refractivity contribution in [1.29, 1.82) is 0 Å². The van der Waals surface area contributed by atoms with Crippen LogP contribution in [0.3, 0.4) is 0 Å². The van der Waals surface area contributed by atoms with Crippen molar-refractivity contribution in [1.82, 2.24) is 0 Å². The number of benzene rings is 1. The summed E-state index contributed by atoms with van der Waals surface area (Å²) in [5.74, 6) is 0.409. The largest absolute Gasteiger partial charge is 0.416 e. The first kappa shape index (κ1) is 13.1. The third-order valence-electron chi connectivity index (χ3n) is 3.22. The van der Waals surface area contributed by atoms with Gasteiger partial charge in [-0.05, 0) is 31.0 Å². The fraction of sp³-hybridized carbons (Fsp3) is 0.538. The second-order valence-corrected chi connectivity index (χ2v) is 4.75. The van der Waals surface area contributed by atoms with Gasteiger partial charge in [-0.25, -0.2) is 0 Å². The molecule has 0 spiro atoms. The van der Waals surface area contributed by atoms with Crippen LogP contribution in [0.5, 0.6) is 0 Å². The van der Waals surface area contributed by atoms with Crippen molar-refractivity contribution in [3.05, 3.63) is 23.8 Å². The third kappa shape index (κ3) is 2.54. The van der Waals surface area contributed by atoms with E-state index in [4.69, 9.17) is 0 Å². The lowest BCUT2D eigenvalue weighted by Crippen LogP contribution is -2.28. The maximum Gasteiger partial charge on any atom is 0.416 e. The summed E-state index contributed by atoms with van der Waals surface area (Å²) in [7, 11) is 0. The predicted molar refractivity (Wildman–Crippen MR) is 67.0 cm³/mol. The minimum atomic E-state index is -4.29. The van der Waals surface area contributed by atoms with Gasteiger partial charge >= 0.3 is 6.18 Å². The average Bonchev–Trinajstić information content (AvgIpc) is 2.47. The van der Waals surface area contributed by atoms with Crippen molar-refractivity contribution in [2.24, 2.45) is 5.92 Å². The Kier molecular flexibility index (Phi) is 3.41.